The van der Waals surface area contributed by atoms with Crippen molar-refractivity contribution in [3.05, 3.63) is 78.6 Å². The molecule has 0 amide bonds. The van der Waals surface area contributed by atoms with Gasteiger partial charge in [0.05, 0.1) is 12.4 Å². The van der Waals surface area contributed by atoms with Crippen LogP contribution in [0.3, 0.4) is 0 Å². The standard InChI is InChI=1S/C25H24FN5O3S/c1-30(13-17-6-5-7-18(26)12-17)23-22-24(28-15-27-23)31(16-29-22)21-11-10-20(33-21)14-32-25(35)34-19-8-3-2-4-9-19/h2-9,12,15-16,20-21H,10-11,13-14H2,1H3/t20-,21?/m0/s1. The molecule has 1 aliphatic heterocycles. The van der Waals surface area contributed by atoms with Gasteiger partial charge in [-0.1, -0.05) is 30.3 Å². The molecule has 4 aromatic rings. The molecule has 8 nitrogen and oxygen atoms in total. The molecule has 0 aliphatic carbocycles. The van der Waals surface area contributed by atoms with E-state index in [0.29, 0.717) is 35.9 Å². The SMILES string of the molecule is CN(Cc1cccc(F)c1)c1ncnc2c1ncn2C1CC[C@@H](COC(=S)Oc2ccccc2)O1. The number of thiocarbonyl (C=S) groups is 1. The molecule has 0 radical (unpaired) electrons. The predicted octanol–water partition coefficient (Wildman–Crippen LogP) is 4.66. The Hall–Kier alpha value is -3.63. The van der Waals surface area contributed by atoms with Gasteiger partial charge in [-0.05, 0) is 42.7 Å². The topological polar surface area (TPSA) is 74.5 Å². The first kappa shape index (κ1) is 23.1. The summed E-state index contributed by atoms with van der Waals surface area (Å²) >= 11 is 5.18. The van der Waals surface area contributed by atoms with Gasteiger partial charge in [0, 0.05) is 25.8 Å². The van der Waals surface area contributed by atoms with E-state index in [1.807, 2.05) is 52.9 Å². The summed E-state index contributed by atoms with van der Waals surface area (Å²) in [6.45, 7) is 0.784. The van der Waals surface area contributed by atoms with Crippen molar-refractivity contribution in [2.75, 3.05) is 18.6 Å². The maximum atomic E-state index is 13.6. The third kappa shape index (κ3) is 5.39. The van der Waals surface area contributed by atoms with E-state index in [4.69, 9.17) is 26.4 Å². The highest BCUT2D eigenvalue weighted by atomic mass is 32.1. The second-order valence-electron chi connectivity index (χ2n) is 8.27. The van der Waals surface area contributed by atoms with Crippen molar-refractivity contribution in [3.8, 4) is 5.75 Å². The first-order valence-corrected chi connectivity index (χ1v) is 11.7. The van der Waals surface area contributed by atoms with Gasteiger partial charge in [-0.15, -0.1) is 0 Å². The van der Waals surface area contributed by atoms with Gasteiger partial charge in [-0.3, -0.25) is 4.57 Å². The summed E-state index contributed by atoms with van der Waals surface area (Å²) in [5.41, 5.74) is 2.18. The molecule has 180 valence electrons. The maximum absolute atomic E-state index is 13.6. The number of hydrogen-bond acceptors (Lipinski definition) is 8. The highest BCUT2D eigenvalue weighted by Crippen LogP contribution is 2.32. The van der Waals surface area contributed by atoms with E-state index in [1.54, 1.807) is 12.4 Å². The van der Waals surface area contributed by atoms with Crippen molar-refractivity contribution < 1.29 is 18.6 Å². The van der Waals surface area contributed by atoms with Crippen molar-refractivity contribution in [2.24, 2.45) is 0 Å². The lowest BCUT2D eigenvalue weighted by molar-refractivity contribution is -0.0204. The van der Waals surface area contributed by atoms with Gasteiger partial charge < -0.3 is 19.1 Å². The molecule has 35 heavy (non-hydrogen) atoms. The van der Waals surface area contributed by atoms with Crippen molar-refractivity contribution >= 4 is 34.4 Å². The Morgan fingerprint density at radius 3 is 2.83 bits per heavy atom. The molecule has 10 heteroatoms. The molecule has 1 saturated heterocycles. The van der Waals surface area contributed by atoms with E-state index in [-0.39, 0.29) is 23.4 Å². The average molecular weight is 494 g/mol. The van der Waals surface area contributed by atoms with Crippen LogP contribution in [-0.2, 0) is 16.0 Å². The molecule has 1 fully saturated rings. The minimum absolute atomic E-state index is 0.0649. The molecular formula is C25H24FN5O3S. The molecule has 2 aromatic carbocycles. The number of anilines is 1. The lowest BCUT2D eigenvalue weighted by atomic mass is 10.2. The minimum atomic E-state index is -0.266. The van der Waals surface area contributed by atoms with Crippen LogP contribution in [0.4, 0.5) is 10.2 Å². The summed E-state index contributed by atoms with van der Waals surface area (Å²) in [6, 6.07) is 15.8. The maximum Gasteiger partial charge on any atom is 0.357 e. The van der Waals surface area contributed by atoms with Crippen LogP contribution in [0.15, 0.2) is 67.3 Å². The van der Waals surface area contributed by atoms with E-state index in [9.17, 15) is 4.39 Å². The van der Waals surface area contributed by atoms with Crippen LogP contribution >= 0.6 is 12.2 Å². The molecule has 1 unspecified atom stereocenters. The van der Waals surface area contributed by atoms with Crippen LogP contribution in [0, 0.1) is 5.82 Å². The number of benzene rings is 2. The average Bonchev–Trinajstić information content (AvgIpc) is 3.50. The zero-order chi connectivity index (χ0) is 24.2. The van der Waals surface area contributed by atoms with Crippen molar-refractivity contribution in [2.45, 2.75) is 31.7 Å². The Labute approximate surface area is 207 Å². The van der Waals surface area contributed by atoms with E-state index >= 15 is 0 Å². The molecule has 1 aliphatic rings. The number of halogens is 1. The summed E-state index contributed by atoms with van der Waals surface area (Å²) in [4.78, 5) is 15.4. The Morgan fingerprint density at radius 1 is 1.14 bits per heavy atom. The van der Waals surface area contributed by atoms with Gasteiger partial charge in [0.25, 0.3) is 0 Å². The zero-order valence-electron chi connectivity index (χ0n) is 19.1. The zero-order valence-corrected chi connectivity index (χ0v) is 19.9. The Balaban J connectivity index is 1.22. The van der Waals surface area contributed by atoms with Gasteiger partial charge in [-0.2, -0.15) is 0 Å². The number of imidazole rings is 1. The van der Waals surface area contributed by atoms with Crippen LogP contribution in [0.2, 0.25) is 0 Å². The summed E-state index contributed by atoms with van der Waals surface area (Å²) < 4.78 is 32.8. The van der Waals surface area contributed by atoms with Gasteiger partial charge in [-0.25, -0.2) is 19.3 Å². The van der Waals surface area contributed by atoms with Crippen molar-refractivity contribution in [1.29, 1.82) is 0 Å². The molecule has 0 spiro atoms. The van der Waals surface area contributed by atoms with Crippen LogP contribution in [0.1, 0.15) is 24.6 Å². The Bertz CT molecular complexity index is 1320. The first-order chi connectivity index (χ1) is 17.1. The fourth-order valence-corrected chi connectivity index (χ4v) is 4.27. The molecule has 0 N–H and O–H groups in total. The largest absolute Gasteiger partial charge is 0.454 e. The molecule has 0 bridgehead atoms. The number of rotatable bonds is 7. The predicted molar refractivity (Wildman–Crippen MR) is 133 cm³/mol. The lowest BCUT2D eigenvalue weighted by Crippen LogP contribution is -2.21. The van der Waals surface area contributed by atoms with Gasteiger partial charge in [0.15, 0.2) is 17.0 Å². The summed E-state index contributed by atoms with van der Waals surface area (Å²) in [5.74, 6) is 1.03. The lowest BCUT2D eigenvalue weighted by Gasteiger charge is -2.19. The van der Waals surface area contributed by atoms with E-state index in [1.165, 1.54) is 18.5 Å². The second-order valence-corrected chi connectivity index (χ2v) is 8.61. The molecule has 3 heterocycles. The number of fused-ring (bicyclic) bond motifs is 1. The van der Waals surface area contributed by atoms with Crippen LogP contribution in [-0.4, -0.2) is 44.5 Å². The smallest absolute Gasteiger partial charge is 0.357 e. The van der Waals surface area contributed by atoms with E-state index in [0.717, 1.165) is 18.4 Å². The van der Waals surface area contributed by atoms with Crippen molar-refractivity contribution in [3.63, 3.8) is 0 Å². The monoisotopic (exact) mass is 493 g/mol. The fourth-order valence-electron chi connectivity index (χ4n) is 4.10. The number of para-hydroxylation sites is 1. The van der Waals surface area contributed by atoms with E-state index < -0.39 is 0 Å². The quantitative estimate of drug-likeness (QED) is 0.344. The van der Waals surface area contributed by atoms with E-state index in [2.05, 4.69) is 15.0 Å². The number of hydrogen-bond donors (Lipinski definition) is 0. The van der Waals surface area contributed by atoms with Crippen LogP contribution < -0.4 is 9.64 Å². The van der Waals surface area contributed by atoms with Gasteiger partial charge in [0.1, 0.15) is 30.7 Å². The fraction of sp³-hybridized carbons (Fsp3) is 0.280. The third-order valence-electron chi connectivity index (χ3n) is 5.74. The van der Waals surface area contributed by atoms with Gasteiger partial charge >= 0.3 is 5.24 Å². The number of aromatic nitrogens is 4. The highest BCUT2D eigenvalue weighted by Gasteiger charge is 2.29. The molecular weight excluding hydrogens is 469 g/mol. The summed E-state index contributed by atoms with van der Waals surface area (Å²) in [6.07, 6.45) is 4.45. The normalized spacial score (nSPS) is 17.4. The Morgan fingerprint density at radius 2 is 2.00 bits per heavy atom. The Kier molecular flexibility index (Phi) is 6.82. The first-order valence-electron chi connectivity index (χ1n) is 11.2. The number of nitrogens with zero attached hydrogens (tertiary/aromatic N) is 5. The molecule has 0 saturated carbocycles. The highest BCUT2D eigenvalue weighted by molar-refractivity contribution is 7.79. The molecule has 5 rings (SSSR count). The molecule has 2 aromatic heterocycles. The minimum Gasteiger partial charge on any atom is -0.454 e. The molecule has 2 atom stereocenters. The second kappa shape index (κ2) is 10.3. The van der Waals surface area contributed by atoms with Crippen LogP contribution in [0.25, 0.3) is 11.2 Å². The van der Waals surface area contributed by atoms with Gasteiger partial charge in [0.2, 0.25) is 0 Å². The summed E-state index contributed by atoms with van der Waals surface area (Å²) in [7, 11) is 1.89. The van der Waals surface area contributed by atoms with Crippen molar-refractivity contribution in [1.82, 2.24) is 19.5 Å². The van der Waals surface area contributed by atoms with Crippen LogP contribution in [0.5, 0.6) is 5.75 Å². The summed E-state index contributed by atoms with van der Waals surface area (Å²) in [5, 5.41) is 0.0649. The third-order valence-corrected chi connectivity index (χ3v) is 5.94. The number of ether oxygens (including phenoxy) is 3.